The van der Waals surface area contributed by atoms with E-state index in [1.54, 1.807) is 34.6 Å². The van der Waals surface area contributed by atoms with E-state index in [9.17, 15) is 49.2 Å². The molecular formula is C38H70O17. The van der Waals surface area contributed by atoms with Crippen molar-refractivity contribution in [2.24, 2.45) is 35.5 Å². The first-order valence-corrected chi connectivity index (χ1v) is 19.1. The van der Waals surface area contributed by atoms with Crippen molar-refractivity contribution in [3.05, 3.63) is 0 Å². The number of carboxylic acid groups (broad SMARTS) is 5. The SMILES string of the molecule is CCC(CC(CC(C)C(=O)O)C(=O)O)C(=O)O.CCC(O)CC(CC(C)O)OC(=O)C(CC(C)C(=O)O)CC(CC)C(=O)O.CCC(O)CC(O)CC(C)O. The molecule has 0 aliphatic carbocycles. The van der Waals surface area contributed by atoms with Crippen molar-refractivity contribution in [1.29, 1.82) is 0 Å². The van der Waals surface area contributed by atoms with Crippen molar-refractivity contribution in [2.75, 3.05) is 0 Å². The third kappa shape index (κ3) is 28.7. The molecule has 0 saturated heterocycles. The van der Waals surface area contributed by atoms with Gasteiger partial charge in [-0.25, -0.2) is 0 Å². The van der Waals surface area contributed by atoms with Gasteiger partial charge in [0.05, 0.1) is 66.0 Å². The van der Waals surface area contributed by atoms with Gasteiger partial charge in [-0.05, 0) is 78.1 Å². The first-order chi connectivity index (χ1) is 25.4. The number of aliphatic hydroxyl groups excluding tert-OH is 5. The molecule has 0 aliphatic rings. The molecule has 17 nitrogen and oxygen atoms in total. The van der Waals surface area contributed by atoms with Gasteiger partial charge in [0.15, 0.2) is 0 Å². The summed E-state index contributed by atoms with van der Waals surface area (Å²) < 4.78 is 5.46. The van der Waals surface area contributed by atoms with E-state index in [1.165, 1.54) is 13.8 Å². The molecule has 17 heteroatoms. The zero-order valence-electron chi connectivity index (χ0n) is 33.7. The molecule has 12 atom stereocenters. The molecular weight excluding hydrogens is 728 g/mol. The molecule has 0 rings (SSSR count). The minimum Gasteiger partial charge on any atom is -0.481 e. The highest BCUT2D eigenvalue weighted by Gasteiger charge is 2.33. The molecule has 0 saturated carbocycles. The summed E-state index contributed by atoms with van der Waals surface area (Å²) in [4.78, 5) is 67.5. The van der Waals surface area contributed by atoms with Crippen molar-refractivity contribution in [3.8, 4) is 0 Å². The molecule has 0 spiro atoms. The Bertz CT molecular complexity index is 1110. The summed E-state index contributed by atoms with van der Waals surface area (Å²) in [5, 5.41) is 91.5. The van der Waals surface area contributed by atoms with E-state index in [1.807, 2.05) is 6.92 Å². The summed E-state index contributed by atoms with van der Waals surface area (Å²) in [5.74, 6) is -11.0. The quantitative estimate of drug-likeness (QED) is 0.0530. The first-order valence-electron chi connectivity index (χ1n) is 19.1. The molecule has 0 heterocycles. The third-order valence-corrected chi connectivity index (χ3v) is 9.15. The predicted octanol–water partition coefficient (Wildman–Crippen LogP) is 3.64. The molecule has 0 aromatic heterocycles. The van der Waals surface area contributed by atoms with Gasteiger partial charge in [0, 0.05) is 12.8 Å². The number of esters is 1. The Morgan fingerprint density at radius 1 is 0.400 bits per heavy atom. The van der Waals surface area contributed by atoms with Gasteiger partial charge in [0.1, 0.15) is 6.10 Å². The summed E-state index contributed by atoms with van der Waals surface area (Å²) in [6.07, 6.45) is -1.03. The van der Waals surface area contributed by atoms with E-state index < -0.39 is 108 Å². The number of hydrogen-bond acceptors (Lipinski definition) is 12. The highest BCUT2D eigenvalue weighted by atomic mass is 16.5. The van der Waals surface area contributed by atoms with E-state index in [0.717, 1.165) is 0 Å². The molecule has 0 amide bonds. The highest BCUT2D eigenvalue weighted by molar-refractivity contribution is 5.77. The fourth-order valence-corrected chi connectivity index (χ4v) is 5.49. The van der Waals surface area contributed by atoms with Crippen LogP contribution in [0.4, 0.5) is 0 Å². The Kier molecular flexibility index (Phi) is 31.3. The van der Waals surface area contributed by atoms with E-state index in [4.69, 9.17) is 35.4 Å². The van der Waals surface area contributed by atoms with Crippen LogP contribution >= 0.6 is 0 Å². The Morgan fingerprint density at radius 2 is 0.764 bits per heavy atom. The van der Waals surface area contributed by atoms with Gasteiger partial charge in [-0.1, -0.05) is 41.5 Å². The molecule has 0 aromatic carbocycles. The highest BCUT2D eigenvalue weighted by Crippen LogP contribution is 2.26. The minimum absolute atomic E-state index is 0.0139. The van der Waals surface area contributed by atoms with Gasteiger partial charge in [0.25, 0.3) is 0 Å². The smallest absolute Gasteiger partial charge is 0.309 e. The molecule has 12 unspecified atom stereocenters. The number of carbonyl (C=O) groups excluding carboxylic acids is 1. The molecule has 0 aromatic rings. The van der Waals surface area contributed by atoms with Crippen molar-refractivity contribution in [2.45, 2.75) is 169 Å². The average Bonchev–Trinajstić information content (AvgIpc) is 3.07. The van der Waals surface area contributed by atoms with Crippen LogP contribution in [0.15, 0.2) is 0 Å². The van der Waals surface area contributed by atoms with E-state index in [-0.39, 0.29) is 38.5 Å². The number of carbonyl (C=O) groups is 6. The monoisotopic (exact) mass is 798 g/mol. The summed E-state index contributed by atoms with van der Waals surface area (Å²) in [7, 11) is 0. The Hall–Kier alpha value is -3.38. The third-order valence-electron chi connectivity index (χ3n) is 9.15. The van der Waals surface area contributed by atoms with Crippen LogP contribution in [-0.4, -0.2) is 124 Å². The molecule has 0 radical (unpaired) electrons. The number of carboxylic acids is 5. The number of ether oxygens (including phenoxy) is 1. The lowest BCUT2D eigenvalue weighted by Gasteiger charge is -2.26. The number of aliphatic carboxylic acids is 5. The topological polar surface area (TPSA) is 314 Å². The minimum atomic E-state index is -1.14. The molecule has 0 aliphatic heterocycles. The molecule has 0 fully saturated rings. The van der Waals surface area contributed by atoms with Crippen molar-refractivity contribution in [3.63, 3.8) is 0 Å². The van der Waals surface area contributed by atoms with Gasteiger partial charge >= 0.3 is 35.8 Å². The van der Waals surface area contributed by atoms with Crippen LogP contribution in [0, 0.1) is 35.5 Å². The largest absolute Gasteiger partial charge is 0.481 e. The van der Waals surface area contributed by atoms with Crippen LogP contribution in [0.1, 0.15) is 132 Å². The van der Waals surface area contributed by atoms with Crippen molar-refractivity contribution in [1.82, 2.24) is 0 Å². The second kappa shape index (κ2) is 30.8. The van der Waals surface area contributed by atoms with Gasteiger partial charge in [0.2, 0.25) is 0 Å². The van der Waals surface area contributed by atoms with Gasteiger partial charge in [-0.15, -0.1) is 0 Å². The average molecular weight is 799 g/mol. The van der Waals surface area contributed by atoms with E-state index in [0.29, 0.717) is 38.5 Å². The maximum atomic E-state index is 12.7. The fourth-order valence-electron chi connectivity index (χ4n) is 5.49. The molecule has 324 valence electrons. The Labute approximate surface area is 324 Å². The molecule has 10 N–H and O–H groups in total. The van der Waals surface area contributed by atoms with Crippen LogP contribution in [0.5, 0.6) is 0 Å². The van der Waals surface area contributed by atoms with E-state index in [2.05, 4.69) is 0 Å². The number of rotatable bonds is 27. The molecule has 0 bridgehead atoms. The Balaban J connectivity index is -0.000000820. The summed E-state index contributed by atoms with van der Waals surface area (Å²) in [6, 6.07) is 0. The van der Waals surface area contributed by atoms with Crippen molar-refractivity contribution >= 4 is 35.8 Å². The van der Waals surface area contributed by atoms with E-state index >= 15 is 0 Å². The van der Waals surface area contributed by atoms with Crippen LogP contribution < -0.4 is 0 Å². The molecule has 55 heavy (non-hydrogen) atoms. The lowest BCUT2D eigenvalue weighted by Crippen LogP contribution is -2.33. The van der Waals surface area contributed by atoms with Gasteiger partial charge in [-0.2, -0.15) is 0 Å². The lowest BCUT2D eigenvalue weighted by molar-refractivity contribution is -0.160. The second-order valence-corrected chi connectivity index (χ2v) is 14.5. The van der Waals surface area contributed by atoms with Gasteiger partial charge < -0.3 is 55.8 Å². The van der Waals surface area contributed by atoms with Crippen LogP contribution in [0.25, 0.3) is 0 Å². The summed E-state index contributed by atoms with van der Waals surface area (Å²) in [5.41, 5.74) is 0. The zero-order valence-corrected chi connectivity index (χ0v) is 33.7. The normalized spacial score (nSPS) is 17.6. The number of hydrogen-bond donors (Lipinski definition) is 10. The van der Waals surface area contributed by atoms with Gasteiger partial charge in [-0.3, -0.25) is 28.8 Å². The maximum Gasteiger partial charge on any atom is 0.309 e. The Morgan fingerprint density at radius 3 is 1.09 bits per heavy atom. The first kappa shape index (κ1) is 56.0. The maximum absolute atomic E-state index is 12.7. The lowest BCUT2D eigenvalue weighted by atomic mass is 9.86. The fraction of sp³-hybridized carbons (Fsp3) is 0.842. The summed E-state index contributed by atoms with van der Waals surface area (Å²) >= 11 is 0. The van der Waals surface area contributed by atoms with Crippen LogP contribution in [-0.2, 0) is 33.5 Å². The second-order valence-electron chi connectivity index (χ2n) is 14.5. The summed E-state index contributed by atoms with van der Waals surface area (Å²) in [6.45, 7) is 13.0. The zero-order chi connectivity index (χ0) is 43.6. The predicted molar refractivity (Wildman–Crippen MR) is 200 cm³/mol. The van der Waals surface area contributed by atoms with Crippen LogP contribution in [0.2, 0.25) is 0 Å². The van der Waals surface area contributed by atoms with Crippen LogP contribution in [0.3, 0.4) is 0 Å². The van der Waals surface area contributed by atoms with Crippen molar-refractivity contribution < 1.29 is 84.6 Å². The number of aliphatic hydroxyl groups is 5. The standard InChI is InChI=1S/C19H34O8.C11H18O6.C8H18O3/c1-5-13(18(24)25)9-14(7-11(3)17(22)23)19(26)27-16(8-12(4)20)10-15(21)6-2;1-3-7(10(14)15)5-8(11(16)17)4-6(2)9(12)13;1-3-7(10)5-8(11)4-6(2)9/h11-16,20-21H,5-10H2,1-4H3,(H,22,23)(H,24,25);6-8H,3-5H2,1-2H3,(H,12,13)(H,14,15)(H,16,17);6-11H,3-5H2,1-2H3.